The average Bonchev–Trinajstić information content (AvgIpc) is 3.08. The zero-order valence-corrected chi connectivity index (χ0v) is 11.7. The number of guanidine groups is 1. The lowest BCUT2D eigenvalue weighted by Crippen LogP contribution is -2.51. The third-order valence-electron chi connectivity index (χ3n) is 4.70. The van der Waals surface area contributed by atoms with Gasteiger partial charge in [0, 0.05) is 38.3 Å². The van der Waals surface area contributed by atoms with Gasteiger partial charge in [0.15, 0.2) is 5.96 Å². The zero-order valence-electron chi connectivity index (χ0n) is 11.7. The third-order valence-corrected chi connectivity index (χ3v) is 4.70. The summed E-state index contributed by atoms with van der Waals surface area (Å²) in [7, 11) is 1.88. The van der Waals surface area contributed by atoms with Crippen molar-refractivity contribution in [3.05, 3.63) is 0 Å². The molecule has 0 aromatic carbocycles. The van der Waals surface area contributed by atoms with Crippen LogP contribution in [0.3, 0.4) is 0 Å². The fourth-order valence-corrected chi connectivity index (χ4v) is 3.02. The predicted molar refractivity (Wildman–Crippen MR) is 74.8 cm³/mol. The van der Waals surface area contributed by atoms with Crippen LogP contribution in [0.5, 0.6) is 0 Å². The topological polar surface area (TPSA) is 39.7 Å². The van der Waals surface area contributed by atoms with Crippen LogP contribution in [0.1, 0.15) is 39.0 Å². The molecule has 0 aromatic rings. The van der Waals surface area contributed by atoms with Gasteiger partial charge in [-0.05, 0) is 38.0 Å². The Kier molecular flexibility index (Phi) is 3.46. The highest BCUT2D eigenvalue weighted by Crippen LogP contribution is 2.31. The van der Waals surface area contributed by atoms with Crippen molar-refractivity contribution in [3.63, 3.8) is 0 Å². The summed E-state index contributed by atoms with van der Waals surface area (Å²) in [5.74, 6) is 1.74. The zero-order chi connectivity index (χ0) is 12.5. The van der Waals surface area contributed by atoms with Crippen LogP contribution < -0.4 is 10.6 Å². The van der Waals surface area contributed by atoms with Crippen molar-refractivity contribution in [3.8, 4) is 0 Å². The van der Waals surface area contributed by atoms with Gasteiger partial charge in [0.2, 0.25) is 0 Å². The van der Waals surface area contributed by atoms with Crippen LogP contribution in [0.4, 0.5) is 0 Å². The molecule has 2 atom stereocenters. The summed E-state index contributed by atoms with van der Waals surface area (Å²) >= 11 is 0. The first-order valence-corrected chi connectivity index (χ1v) is 7.50. The lowest BCUT2D eigenvalue weighted by molar-refractivity contribution is 0.315. The van der Waals surface area contributed by atoms with E-state index in [9.17, 15) is 0 Å². The van der Waals surface area contributed by atoms with Crippen LogP contribution in [-0.2, 0) is 0 Å². The molecule has 2 aliphatic carbocycles. The van der Waals surface area contributed by atoms with Crippen LogP contribution in [-0.4, -0.2) is 49.1 Å². The summed E-state index contributed by atoms with van der Waals surface area (Å²) < 4.78 is 0. The van der Waals surface area contributed by atoms with Gasteiger partial charge < -0.3 is 10.6 Å². The second-order valence-electron chi connectivity index (χ2n) is 6.26. The van der Waals surface area contributed by atoms with E-state index in [0.717, 1.165) is 17.9 Å². The maximum absolute atomic E-state index is 4.37. The molecule has 2 N–H and O–H groups in total. The minimum absolute atomic E-state index is 0.567. The molecule has 2 saturated carbocycles. The molecule has 0 bridgehead atoms. The molecule has 1 aliphatic heterocycles. The largest absolute Gasteiger partial charge is 0.354 e. The molecule has 3 rings (SSSR count). The van der Waals surface area contributed by atoms with E-state index in [1.807, 2.05) is 7.05 Å². The Morgan fingerprint density at radius 3 is 2.44 bits per heavy atom. The number of rotatable bonds is 3. The van der Waals surface area contributed by atoms with E-state index in [1.165, 1.54) is 45.2 Å². The fraction of sp³-hybridized carbons (Fsp3) is 0.929. The van der Waals surface area contributed by atoms with E-state index in [1.54, 1.807) is 0 Å². The fourth-order valence-electron chi connectivity index (χ4n) is 3.02. The third kappa shape index (κ3) is 2.63. The Morgan fingerprint density at radius 1 is 1.11 bits per heavy atom. The first-order chi connectivity index (χ1) is 8.76. The van der Waals surface area contributed by atoms with Gasteiger partial charge in [-0.15, -0.1) is 0 Å². The maximum atomic E-state index is 4.37. The summed E-state index contributed by atoms with van der Waals surface area (Å²) in [5, 5.41) is 7.15. The molecule has 102 valence electrons. The predicted octanol–water partition coefficient (Wildman–Crippen LogP) is 1.19. The van der Waals surface area contributed by atoms with Gasteiger partial charge in [0.05, 0.1) is 0 Å². The molecule has 18 heavy (non-hydrogen) atoms. The van der Waals surface area contributed by atoms with Gasteiger partial charge in [-0.3, -0.25) is 9.89 Å². The molecule has 4 nitrogen and oxygen atoms in total. The summed E-state index contributed by atoms with van der Waals surface area (Å²) in [6.45, 7) is 4.80. The molecule has 1 saturated heterocycles. The van der Waals surface area contributed by atoms with Crippen LogP contribution in [0.2, 0.25) is 0 Å². The molecule has 4 heteroatoms. The highest BCUT2D eigenvalue weighted by atomic mass is 15.3. The van der Waals surface area contributed by atoms with Crippen LogP contribution in [0.25, 0.3) is 0 Å². The Balaban J connectivity index is 1.50. The second kappa shape index (κ2) is 5.08. The minimum atomic E-state index is 0.567. The highest BCUT2D eigenvalue weighted by Gasteiger charge is 2.38. The number of hydrogen-bond donors (Lipinski definition) is 2. The molecule has 3 fully saturated rings. The summed E-state index contributed by atoms with van der Waals surface area (Å²) in [5.41, 5.74) is 0. The Hall–Kier alpha value is -0.770. The molecule has 0 radical (unpaired) electrons. The quantitative estimate of drug-likeness (QED) is 0.584. The van der Waals surface area contributed by atoms with Gasteiger partial charge in [0.25, 0.3) is 0 Å². The number of nitrogens with zero attached hydrogens (tertiary/aromatic N) is 2. The molecule has 0 amide bonds. The smallest absolute Gasteiger partial charge is 0.191 e. The minimum Gasteiger partial charge on any atom is -0.354 e. The maximum Gasteiger partial charge on any atom is 0.191 e. The Morgan fingerprint density at radius 2 is 1.89 bits per heavy atom. The van der Waals surface area contributed by atoms with E-state index in [4.69, 9.17) is 0 Å². The van der Waals surface area contributed by atoms with Crippen molar-refractivity contribution in [2.45, 2.75) is 57.2 Å². The molecule has 0 spiro atoms. The summed E-state index contributed by atoms with van der Waals surface area (Å²) in [4.78, 5) is 7.02. The molecular weight excluding hydrogens is 224 g/mol. The SMILES string of the molecule is CN=C(NC1CCC1)NC1CN(C2CC2)CC1C. The van der Waals surface area contributed by atoms with E-state index in [2.05, 4.69) is 27.4 Å². The molecule has 1 heterocycles. The lowest BCUT2D eigenvalue weighted by atomic mass is 9.93. The molecule has 0 aromatic heterocycles. The normalized spacial score (nSPS) is 34.4. The number of hydrogen-bond acceptors (Lipinski definition) is 2. The van der Waals surface area contributed by atoms with Crippen molar-refractivity contribution in [2.75, 3.05) is 20.1 Å². The molecule has 3 aliphatic rings. The van der Waals surface area contributed by atoms with Gasteiger partial charge >= 0.3 is 0 Å². The average molecular weight is 250 g/mol. The van der Waals surface area contributed by atoms with E-state index >= 15 is 0 Å². The number of likely N-dealkylation sites (tertiary alicyclic amines) is 1. The Labute approximate surface area is 110 Å². The van der Waals surface area contributed by atoms with Crippen molar-refractivity contribution in [2.24, 2.45) is 10.9 Å². The van der Waals surface area contributed by atoms with Crippen molar-refractivity contribution in [1.29, 1.82) is 0 Å². The van der Waals surface area contributed by atoms with Crippen LogP contribution >= 0.6 is 0 Å². The van der Waals surface area contributed by atoms with Crippen molar-refractivity contribution in [1.82, 2.24) is 15.5 Å². The van der Waals surface area contributed by atoms with E-state index in [-0.39, 0.29) is 0 Å². The summed E-state index contributed by atoms with van der Waals surface area (Å²) in [6.07, 6.45) is 6.79. The van der Waals surface area contributed by atoms with E-state index in [0.29, 0.717) is 12.1 Å². The second-order valence-corrected chi connectivity index (χ2v) is 6.26. The molecule has 2 unspecified atom stereocenters. The summed E-state index contributed by atoms with van der Waals surface area (Å²) in [6, 6.07) is 2.12. The lowest BCUT2D eigenvalue weighted by Gasteiger charge is -2.30. The van der Waals surface area contributed by atoms with Crippen molar-refractivity contribution >= 4 is 5.96 Å². The first kappa shape index (κ1) is 12.3. The van der Waals surface area contributed by atoms with Gasteiger partial charge in [0.1, 0.15) is 0 Å². The number of aliphatic imine (C=N–C) groups is 1. The van der Waals surface area contributed by atoms with E-state index < -0.39 is 0 Å². The Bertz CT molecular complexity index is 320. The van der Waals surface area contributed by atoms with Gasteiger partial charge in [-0.25, -0.2) is 0 Å². The van der Waals surface area contributed by atoms with Crippen molar-refractivity contribution < 1.29 is 0 Å². The standard InChI is InChI=1S/C14H26N4/c1-10-8-18(12-6-7-12)9-13(10)17-14(15-2)16-11-4-3-5-11/h10-13H,3-9H2,1-2H3,(H2,15,16,17). The molecular formula is C14H26N4. The van der Waals surface area contributed by atoms with Crippen LogP contribution in [0, 0.1) is 5.92 Å². The van der Waals surface area contributed by atoms with Gasteiger partial charge in [-0.1, -0.05) is 6.92 Å². The number of nitrogens with one attached hydrogen (secondary N) is 2. The highest BCUT2D eigenvalue weighted by molar-refractivity contribution is 5.80. The first-order valence-electron chi connectivity index (χ1n) is 7.50. The van der Waals surface area contributed by atoms with Crippen LogP contribution in [0.15, 0.2) is 4.99 Å². The monoisotopic (exact) mass is 250 g/mol. The van der Waals surface area contributed by atoms with Gasteiger partial charge in [-0.2, -0.15) is 0 Å².